The molecule has 0 aromatic heterocycles. The number of nitrogens with one attached hydrogen (secondary N) is 1. The van der Waals surface area contributed by atoms with E-state index in [4.69, 9.17) is 9.47 Å². The summed E-state index contributed by atoms with van der Waals surface area (Å²) in [5.74, 6) is 1.30. The van der Waals surface area contributed by atoms with Crippen molar-refractivity contribution in [3.63, 3.8) is 0 Å². The van der Waals surface area contributed by atoms with Gasteiger partial charge in [-0.1, -0.05) is 44.2 Å². The van der Waals surface area contributed by atoms with Gasteiger partial charge in [0.1, 0.15) is 0 Å². The summed E-state index contributed by atoms with van der Waals surface area (Å²) in [4.78, 5) is 0. The van der Waals surface area contributed by atoms with Crippen LogP contribution < -0.4 is 5.32 Å². The third kappa shape index (κ3) is 2.31. The van der Waals surface area contributed by atoms with E-state index in [1.165, 1.54) is 12.0 Å². The average molecular weight is 301 g/mol. The van der Waals surface area contributed by atoms with Crippen LogP contribution in [0, 0.1) is 17.3 Å². The average Bonchev–Trinajstić information content (AvgIpc) is 3.16. The van der Waals surface area contributed by atoms with Gasteiger partial charge in [-0.05, 0) is 18.4 Å². The Bertz CT molecular complexity index is 515. The molecule has 0 unspecified atom stereocenters. The minimum atomic E-state index is 0.257. The van der Waals surface area contributed by atoms with Crippen LogP contribution in [0.1, 0.15) is 38.4 Å². The molecule has 3 aliphatic rings. The van der Waals surface area contributed by atoms with Gasteiger partial charge in [0.2, 0.25) is 0 Å². The molecule has 1 N–H and O–H groups in total. The van der Waals surface area contributed by atoms with Crippen LogP contribution >= 0.6 is 0 Å². The van der Waals surface area contributed by atoms with Crippen LogP contribution in [0.25, 0.3) is 0 Å². The zero-order chi connectivity index (χ0) is 15.2. The van der Waals surface area contributed by atoms with Crippen LogP contribution in [0.3, 0.4) is 0 Å². The molecule has 0 bridgehead atoms. The second kappa shape index (κ2) is 5.63. The summed E-state index contributed by atoms with van der Waals surface area (Å²) in [6.07, 6.45) is 3.10. The number of hydrogen-bond acceptors (Lipinski definition) is 3. The monoisotopic (exact) mass is 301 g/mol. The van der Waals surface area contributed by atoms with Crippen molar-refractivity contribution in [1.29, 1.82) is 0 Å². The summed E-state index contributed by atoms with van der Waals surface area (Å²) in [5, 5.41) is 3.86. The largest absolute Gasteiger partial charge is 0.377 e. The second-order valence-electron chi connectivity index (χ2n) is 7.70. The van der Waals surface area contributed by atoms with Crippen molar-refractivity contribution < 1.29 is 9.47 Å². The quantitative estimate of drug-likeness (QED) is 0.926. The molecule has 1 saturated carbocycles. The Hall–Kier alpha value is -0.900. The molecule has 2 saturated heterocycles. The SMILES string of the molecule is CC1(C)[C@H](NC[C@H]2CCO[C@@H]2c2ccccc2)[C@@H]2CCO[C@H]21. The van der Waals surface area contributed by atoms with Gasteiger partial charge in [0, 0.05) is 43.1 Å². The molecule has 22 heavy (non-hydrogen) atoms. The van der Waals surface area contributed by atoms with E-state index in [1.54, 1.807) is 0 Å². The minimum Gasteiger partial charge on any atom is -0.377 e. The van der Waals surface area contributed by atoms with Crippen molar-refractivity contribution in [2.75, 3.05) is 19.8 Å². The van der Waals surface area contributed by atoms with Crippen LogP contribution in [-0.2, 0) is 9.47 Å². The lowest BCUT2D eigenvalue weighted by Gasteiger charge is -2.55. The van der Waals surface area contributed by atoms with Gasteiger partial charge in [0.05, 0.1) is 12.2 Å². The van der Waals surface area contributed by atoms with Gasteiger partial charge in [-0.2, -0.15) is 0 Å². The fraction of sp³-hybridized carbons (Fsp3) is 0.684. The maximum atomic E-state index is 6.01. The van der Waals surface area contributed by atoms with Crippen LogP contribution in [0.15, 0.2) is 30.3 Å². The molecule has 3 nitrogen and oxygen atoms in total. The molecule has 2 heterocycles. The van der Waals surface area contributed by atoms with Crippen LogP contribution in [0.4, 0.5) is 0 Å². The molecule has 0 amide bonds. The Balaban J connectivity index is 1.39. The molecule has 1 aromatic rings. The van der Waals surface area contributed by atoms with Crippen molar-refractivity contribution in [2.45, 2.75) is 44.9 Å². The predicted octanol–water partition coefficient (Wildman–Crippen LogP) is 3.17. The first-order chi connectivity index (χ1) is 10.7. The van der Waals surface area contributed by atoms with Crippen molar-refractivity contribution >= 4 is 0 Å². The molecule has 4 rings (SSSR count). The van der Waals surface area contributed by atoms with Gasteiger partial charge in [-0.3, -0.25) is 0 Å². The first-order valence-corrected chi connectivity index (χ1v) is 8.69. The molecule has 2 aliphatic heterocycles. The minimum absolute atomic E-state index is 0.257. The standard InChI is InChI=1S/C19H27NO2/c1-19(2)17(15-9-11-22-18(15)19)20-12-14-8-10-21-16(14)13-6-4-3-5-7-13/h3-7,14-18,20H,8-12H2,1-2H3/t14-,15+,16-,17-,18-/m1/s1. The summed E-state index contributed by atoms with van der Waals surface area (Å²) in [6.45, 7) is 7.57. The van der Waals surface area contributed by atoms with Gasteiger partial charge >= 0.3 is 0 Å². The lowest BCUT2D eigenvalue weighted by Crippen LogP contribution is -2.66. The number of ether oxygens (including phenoxy) is 2. The molecule has 1 aliphatic carbocycles. The van der Waals surface area contributed by atoms with Gasteiger partial charge in [-0.15, -0.1) is 0 Å². The van der Waals surface area contributed by atoms with Crippen LogP contribution in [0.2, 0.25) is 0 Å². The molecule has 3 heteroatoms. The fourth-order valence-electron chi connectivity index (χ4n) is 4.87. The molecule has 0 radical (unpaired) electrons. The summed E-state index contributed by atoms with van der Waals surface area (Å²) < 4.78 is 11.9. The highest BCUT2D eigenvalue weighted by Crippen LogP contribution is 2.52. The first kappa shape index (κ1) is 14.7. The summed E-state index contributed by atoms with van der Waals surface area (Å²) >= 11 is 0. The second-order valence-corrected chi connectivity index (χ2v) is 7.70. The Kier molecular flexibility index (Phi) is 3.75. The fourth-order valence-corrected chi connectivity index (χ4v) is 4.87. The summed E-state index contributed by atoms with van der Waals surface area (Å²) in [6, 6.07) is 11.3. The lowest BCUT2D eigenvalue weighted by atomic mass is 9.57. The van der Waals surface area contributed by atoms with Gasteiger partial charge in [0.25, 0.3) is 0 Å². The van der Waals surface area contributed by atoms with E-state index in [9.17, 15) is 0 Å². The Morgan fingerprint density at radius 1 is 1.09 bits per heavy atom. The van der Waals surface area contributed by atoms with E-state index in [-0.39, 0.29) is 11.5 Å². The molecular formula is C19H27NO2. The smallest absolute Gasteiger partial charge is 0.0866 e. The molecule has 1 aromatic carbocycles. The number of hydrogen-bond donors (Lipinski definition) is 1. The van der Waals surface area contributed by atoms with E-state index in [0.717, 1.165) is 26.2 Å². The van der Waals surface area contributed by atoms with Crippen LogP contribution in [0.5, 0.6) is 0 Å². The zero-order valence-electron chi connectivity index (χ0n) is 13.6. The molecular weight excluding hydrogens is 274 g/mol. The number of benzene rings is 1. The molecule has 120 valence electrons. The van der Waals surface area contributed by atoms with Crippen LogP contribution in [-0.4, -0.2) is 31.9 Å². The van der Waals surface area contributed by atoms with E-state index in [1.807, 2.05) is 0 Å². The number of fused-ring (bicyclic) bond motifs is 1. The zero-order valence-corrected chi connectivity index (χ0v) is 13.6. The highest BCUT2D eigenvalue weighted by molar-refractivity contribution is 5.19. The third-order valence-corrected chi connectivity index (χ3v) is 6.04. The highest BCUT2D eigenvalue weighted by atomic mass is 16.5. The molecule has 5 atom stereocenters. The number of rotatable bonds is 4. The molecule has 0 spiro atoms. The first-order valence-electron chi connectivity index (χ1n) is 8.69. The van der Waals surface area contributed by atoms with Gasteiger partial charge in [0.15, 0.2) is 0 Å². The van der Waals surface area contributed by atoms with Crippen molar-refractivity contribution in [3.05, 3.63) is 35.9 Å². The highest BCUT2D eigenvalue weighted by Gasteiger charge is 2.59. The third-order valence-electron chi connectivity index (χ3n) is 6.04. The Labute approximate surface area is 133 Å². The molecule has 3 fully saturated rings. The van der Waals surface area contributed by atoms with Crippen molar-refractivity contribution in [3.8, 4) is 0 Å². The lowest BCUT2D eigenvalue weighted by molar-refractivity contribution is -0.113. The van der Waals surface area contributed by atoms with Gasteiger partial charge < -0.3 is 14.8 Å². The Morgan fingerprint density at radius 2 is 1.86 bits per heavy atom. The van der Waals surface area contributed by atoms with E-state index in [0.29, 0.717) is 24.0 Å². The van der Waals surface area contributed by atoms with E-state index >= 15 is 0 Å². The van der Waals surface area contributed by atoms with E-state index in [2.05, 4.69) is 49.5 Å². The normalized spacial score (nSPS) is 39.5. The van der Waals surface area contributed by atoms with E-state index < -0.39 is 0 Å². The summed E-state index contributed by atoms with van der Waals surface area (Å²) in [7, 11) is 0. The maximum absolute atomic E-state index is 6.01. The summed E-state index contributed by atoms with van der Waals surface area (Å²) in [5.41, 5.74) is 1.59. The maximum Gasteiger partial charge on any atom is 0.0866 e. The topological polar surface area (TPSA) is 30.5 Å². The Morgan fingerprint density at radius 3 is 2.68 bits per heavy atom. The predicted molar refractivity (Wildman–Crippen MR) is 86.7 cm³/mol. The van der Waals surface area contributed by atoms with Crippen molar-refractivity contribution in [1.82, 2.24) is 5.32 Å². The van der Waals surface area contributed by atoms with Gasteiger partial charge in [-0.25, -0.2) is 0 Å². The van der Waals surface area contributed by atoms with Crippen molar-refractivity contribution in [2.24, 2.45) is 17.3 Å².